The van der Waals surface area contributed by atoms with Gasteiger partial charge in [-0.05, 0) is 43.5 Å². The van der Waals surface area contributed by atoms with E-state index >= 15 is 0 Å². The van der Waals surface area contributed by atoms with Crippen LogP contribution in [0.15, 0.2) is 48.8 Å². The largest absolute Gasteiger partial charge is 0.356 e. The van der Waals surface area contributed by atoms with Crippen molar-refractivity contribution in [1.82, 2.24) is 15.3 Å². The van der Waals surface area contributed by atoms with E-state index in [1.807, 2.05) is 30.3 Å². The number of amides is 1. The molecular formula is C21H22N4O. The molecule has 2 heterocycles. The SMILES string of the molecule is Cc1ccc(CNC(=O)c2ccc3ncnc(N4CCCC4)c3c2)cc1. The molecule has 1 aliphatic rings. The van der Waals surface area contributed by atoms with Crippen LogP contribution >= 0.6 is 0 Å². The van der Waals surface area contributed by atoms with Crippen LogP contribution in [-0.4, -0.2) is 29.0 Å². The van der Waals surface area contributed by atoms with Gasteiger partial charge in [0, 0.05) is 30.6 Å². The first-order valence-corrected chi connectivity index (χ1v) is 9.04. The highest BCUT2D eigenvalue weighted by Crippen LogP contribution is 2.26. The number of carbonyl (C=O) groups is 1. The second-order valence-electron chi connectivity index (χ2n) is 6.79. The zero-order chi connectivity index (χ0) is 17.9. The summed E-state index contributed by atoms with van der Waals surface area (Å²) >= 11 is 0. The first-order valence-electron chi connectivity index (χ1n) is 9.04. The number of rotatable bonds is 4. The fraction of sp³-hybridized carbons (Fsp3) is 0.286. The van der Waals surface area contributed by atoms with Gasteiger partial charge < -0.3 is 10.2 Å². The molecule has 0 radical (unpaired) electrons. The molecule has 0 spiro atoms. The van der Waals surface area contributed by atoms with Crippen LogP contribution in [0.5, 0.6) is 0 Å². The molecule has 0 bridgehead atoms. The van der Waals surface area contributed by atoms with E-state index in [1.54, 1.807) is 6.33 Å². The summed E-state index contributed by atoms with van der Waals surface area (Å²) in [4.78, 5) is 23.7. The highest BCUT2D eigenvalue weighted by atomic mass is 16.1. The molecule has 5 heteroatoms. The molecule has 5 nitrogen and oxygen atoms in total. The normalized spacial score (nSPS) is 14.0. The average molecular weight is 346 g/mol. The molecular weight excluding hydrogens is 324 g/mol. The molecule has 1 aliphatic heterocycles. The predicted molar refractivity (Wildman–Crippen MR) is 103 cm³/mol. The molecule has 0 atom stereocenters. The van der Waals surface area contributed by atoms with Crippen LogP contribution in [0.25, 0.3) is 10.9 Å². The number of fused-ring (bicyclic) bond motifs is 1. The van der Waals surface area contributed by atoms with Crippen LogP contribution < -0.4 is 10.2 Å². The molecule has 0 aliphatic carbocycles. The first-order chi connectivity index (χ1) is 12.7. The molecule has 0 saturated carbocycles. The van der Waals surface area contributed by atoms with E-state index in [9.17, 15) is 4.79 Å². The van der Waals surface area contributed by atoms with Crippen molar-refractivity contribution in [3.8, 4) is 0 Å². The minimum atomic E-state index is -0.0799. The number of hydrogen-bond donors (Lipinski definition) is 1. The van der Waals surface area contributed by atoms with Crippen molar-refractivity contribution in [3.63, 3.8) is 0 Å². The molecule has 3 aromatic rings. The summed E-state index contributed by atoms with van der Waals surface area (Å²) in [5.74, 6) is 0.851. The first kappa shape index (κ1) is 16.5. The minimum Gasteiger partial charge on any atom is -0.356 e. The predicted octanol–water partition coefficient (Wildman–Crippen LogP) is 3.47. The summed E-state index contributed by atoms with van der Waals surface area (Å²) in [6, 6.07) is 13.8. The van der Waals surface area contributed by atoms with Crippen molar-refractivity contribution in [1.29, 1.82) is 0 Å². The van der Waals surface area contributed by atoms with Crippen LogP contribution in [-0.2, 0) is 6.54 Å². The lowest BCUT2D eigenvalue weighted by atomic mass is 10.1. The summed E-state index contributed by atoms with van der Waals surface area (Å²) in [7, 11) is 0. The smallest absolute Gasteiger partial charge is 0.251 e. The van der Waals surface area contributed by atoms with Gasteiger partial charge in [0.25, 0.3) is 5.91 Å². The van der Waals surface area contributed by atoms with E-state index in [-0.39, 0.29) is 5.91 Å². The van der Waals surface area contributed by atoms with E-state index in [4.69, 9.17) is 0 Å². The zero-order valence-electron chi connectivity index (χ0n) is 14.9. The Morgan fingerprint density at radius 2 is 1.85 bits per heavy atom. The fourth-order valence-corrected chi connectivity index (χ4v) is 3.36. The Labute approximate surface area is 153 Å². The van der Waals surface area contributed by atoms with E-state index in [0.29, 0.717) is 12.1 Å². The van der Waals surface area contributed by atoms with Gasteiger partial charge in [-0.1, -0.05) is 29.8 Å². The minimum absolute atomic E-state index is 0.0799. The number of aromatic nitrogens is 2. The van der Waals surface area contributed by atoms with Gasteiger partial charge in [-0.2, -0.15) is 0 Å². The van der Waals surface area contributed by atoms with E-state index in [2.05, 4.69) is 39.2 Å². The molecule has 4 rings (SSSR count). The molecule has 1 N–H and O–H groups in total. The van der Waals surface area contributed by atoms with Gasteiger partial charge in [0.05, 0.1) is 5.52 Å². The number of aryl methyl sites for hydroxylation is 1. The molecule has 26 heavy (non-hydrogen) atoms. The van der Waals surface area contributed by atoms with Crippen LogP contribution in [0, 0.1) is 6.92 Å². The summed E-state index contributed by atoms with van der Waals surface area (Å²) < 4.78 is 0. The number of benzene rings is 2. The molecule has 1 fully saturated rings. The highest BCUT2D eigenvalue weighted by Gasteiger charge is 2.17. The third-order valence-electron chi connectivity index (χ3n) is 4.86. The molecule has 2 aromatic carbocycles. The summed E-state index contributed by atoms with van der Waals surface area (Å²) in [6.07, 6.45) is 3.97. The van der Waals surface area contributed by atoms with Gasteiger partial charge in [-0.3, -0.25) is 4.79 Å². The van der Waals surface area contributed by atoms with Gasteiger partial charge in [0.1, 0.15) is 12.1 Å². The summed E-state index contributed by atoms with van der Waals surface area (Å²) in [5.41, 5.74) is 3.81. The fourth-order valence-electron chi connectivity index (χ4n) is 3.36. The van der Waals surface area contributed by atoms with Crippen LogP contribution in [0.2, 0.25) is 0 Å². The number of hydrogen-bond acceptors (Lipinski definition) is 4. The number of anilines is 1. The van der Waals surface area contributed by atoms with E-state index in [0.717, 1.165) is 35.4 Å². The quantitative estimate of drug-likeness (QED) is 0.786. The lowest BCUT2D eigenvalue weighted by Crippen LogP contribution is -2.23. The van der Waals surface area contributed by atoms with Crippen molar-refractivity contribution in [3.05, 3.63) is 65.5 Å². The lowest BCUT2D eigenvalue weighted by molar-refractivity contribution is 0.0951. The Bertz CT molecular complexity index is 930. The van der Waals surface area contributed by atoms with E-state index in [1.165, 1.54) is 18.4 Å². The Hall–Kier alpha value is -2.95. The van der Waals surface area contributed by atoms with Gasteiger partial charge in [-0.15, -0.1) is 0 Å². The van der Waals surface area contributed by atoms with Crippen molar-refractivity contribution in [2.24, 2.45) is 0 Å². The second kappa shape index (κ2) is 7.12. The maximum atomic E-state index is 12.6. The van der Waals surface area contributed by atoms with E-state index < -0.39 is 0 Å². The Balaban J connectivity index is 1.56. The number of carbonyl (C=O) groups excluding carboxylic acids is 1. The highest BCUT2D eigenvalue weighted by molar-refractivity contribution is 6.00. The van der Waals surface area contributed by atoms with Crippen molar-refractivity contribution < 1.29 is 4.79 Å². The third-order valence-corrected chi connectivity index (χ3v) is 4.86. The Morgan fingerprint density at radius 3 is 2.62 bits per heavy atom. The molecule has 132 valence electrons. The average Bonchev–Trinajstić information content (AvgIpc) is 3.21. The van der Waals surface area contributed by atoms with Gasteiger partial charge in [-0.25, -0.2) is 9.97 Å². The number of nitrogens with one attached hydrogen (secondary N) is 1. The van der Waals surface area contributed by atoms with Crippen LogP contribution in [0.4, 0.5) is 5.82 Å². The lowest BCUT2D eigenvalue weighted by Gasteiger charge is -2.18. The maximum Gasteiger partial charge on any atom is 0.251 e. The monoisotopic (exact) mass is 346 g/mol. The van der Waals surface area contributed by atoms with Crippen molar-refractivity contribution >= 4 is 22.6 Å². The topological polar surface area (TPSA) is 58.1 Å². The molecule has 1 saturated heterocycles. The third kappa shape index (κ3) is 3.38. The van der Waals surface area contributed by atoms with Crippen molar-refractivity contribution in [2.45, 2.75) is 26.3 Å². The summed E-state index contributed by atoms with van der Waals surface area (Å²) in [5, 5.41) is 3.94. The summed E-state index contributed by atoms with van der Waals surface area (Å²) in [6.45, 7) is 4.59. The van der Waals surface area contributed by atoms with Gasteiger partial charge in [0.2, 0.25) is 0 Å². The van der Waals surface area contributed by atoms with Crippen LogP contribution in [0.1, 0.15) is 34.3 Å². The van der Waals surface area contributed by atoms with Crippen LogP contribution in [0.3, 0.4) is 0 Å². The second-order valence-corrected chi connectivity index (χ2v) is 6.79. The molecule has 1 aromatic heterocycles. The molecule has 1 amide bonds. The zero-order valence-corrected chi connectivity index (χ0v) is 14.9. The molecule has 0 unspecified atom stereocenters. The number of nitrogens with zero attached hydrogens (tertiary/aromatic N) is 3. The van der Waals surface area contributed by atoms with Gasteiger partial charge >= 0.3 is 0 Å². The van der Waals surface area contributed by atoms with Crippen molar-refractivity contribution in [2.75, 3.05) is 18.0 Å². The Morgan fingerprint density at radius 1 is 1.08 bits per heavy atom. The van der Waals surface area contributed by atoms with Gasteiger partial charge in [0.15, 0.2) is 0 Å². The standard InChI is InChI=1S/C21H22N4O/c1-15-4-6-16(7-5-15)13-22-21(26)17-8-9-19-18(12-17)20(24-14-23-19)25-10-2-3-11-25/h4-9,12,14H,2-3,10-11,13H2,1H3,(H,22,26). The Kier molecular flexibility index (Phi) is 4.52. The maximum absolute atomic E-state index is 12.6.